The van der Waals surface area contributed by atoms with Gasteiger partial charge in [-0.1, -0.05) is 19.1 Å². The lowest BCUT2D eigenvalue weighted by atomic mass is 10.2. The zero-order chi connectivity index (χ0) is 14.5. The summed E-state index contributed by atoms with van der Waals surface area (Å²) >= 11 is 1.83. The topological polar surface area (TPSA) is 61.4 Å². The van der Waals surface area contributed by atoms with Crippen LogP contribution in [0.5, 0.6) is 0 Å². The number of amides is 3. The van der Waals surface area contributed by atoms with E-state index in [1.165, 1.54) is 11.9 Å². The van der Waals surface area contributed by atoms with Gasteiger partial charge in [-0.2, -0.15) is 0 Å². The van der Waals surface area contributed by atoms with Gasteiger partial charge in [-0.05, 0) is 18.6 Å². The van der Waals surface area contributed by atoms with Crippen molar-refractivity contribution in [1.29, 1.82) is 0 Å². The van der Waals surface area contributed by atoms with Crippen LogP contribution in [0.25, 0.3) is 0 Å². The average Bonchev–Trinajstić information content (AvgIpc) is 2.58. The maximum atomic E-state index is 11.9. The van der Waals surface area contributed by atoms with Crippen molar-refractivity contribution in [2.75, 3.05) is 25.0 Å². The van der Waals surface area contributed by atoms with E-state index < -0.39 is 6.03 Å². The van der Waals surface area contributed by atoms with Crippen molar-refractivity contribution in [3.8, 4) is 0 Å². The number of urea groups is 1. The van der Waals surface area contributed by atoms with Crippen LogP contribution >= 0.6 is 11.8 Å². The first-order valence-corrected chi connectivity index (χ1v) is 7.50. The number of rotatable bonds is 2. The predicted octanol–water partition coefficient (Wildman–Crippen LogP) is 1.83. The first-order valence-electron chi connectivity index (χ1n) is 6.62. The molecule has 6 heteroatoms. The number of para-hydroxylation sites is 1. The summed E-state index contributed by atoms with van der Waals surface area (Å²) in [5.74, 6) is -0.293. The van der Waals surface area contributed by atoms with Crippen molar-refractivity contribution < 1.29 is 9.59 Å². The molecule has 1 atom stereocenters. The van der Waals surface area contributed by atoms with Crippen molar-refractivity contribution in [3.63, 3.8) is 0 Å². The number of anilines is 1. The minimum atomic E-state index is -0.471. The van der Waals surface area contributed by atoms with E-state index in [4.69, 9.17) is 0 Å². The van der Waals surface area contributed by atoms with Crippen molar-refractivity contribution in [1.82, 2.24) is 10.6 Å². The summed E-state index contributed by atoms with van der Waals surface area (Å²) in [5, 5.41) is 5.20. The van der Waals surface area contributed by atoms with Crippen LogP contribution in [0.3, 0.4) is 0 Å². The summed E-state index contributed by atoms with van der Waals surface area (Å²) in [5.41, 5.74) is 1.06. The molecule has 0 aromatic heterocycles. The molecule has 1 aromatic carbocycles. The highest BCUT2D eigenvalue weighted by Crippen LogP contribution is 2.36. The number of imide groups is 1. The molecule has 2 rings (SSSR count). The van der Waals surface area contributed by atoms with Crippen molar-refractivity contribution in [2.45, 2.75) is 23.5 Å². The quantitative estimate of drug-likeness (QED) is 0.873. The van der Waals surface area contributed by atoms with Crippen LogP contribution in [-0.2, 0) is 4.79 Å². The molecule has 2 N–H and O–H groups in total. The third kappa shape index (κ3) is 3.66. The van der Waals surface area contributed by atoms with Crippen molar-refractivity contribution in [3.05, 3.63) is 24.3 Å². The molecule has 20 heavy (non-hydrogen) atoms. The molecule has 5 nitrogen and oxygen atoms in total. The first kappa shape index (κ1) is 14.7. The summed E-state index contributed by atoms with van der Waals surface area (Å²) in [7, 11) is 1.49. The van der Waals surface area contributed by atoms with Gasteiger partial charge in [-0.15, -0.1) is 11.8 Å². The number of carbonyl (C=O) groups is 2. The van der Waals surface area contributed by atoms with Gasteiger partial charge >= 0.3 is 6.03 Å². The second kappa shape index (κ2) is 6.65. The van der Waals surface area contributed by atoms with Crippen LogP contribution in [0.2, 0.25) is 0 Å². The lowest BCUT2D eigenvalue weighted by Gasteiger charge is -2.23. The lowest BCUT2D eigenvalue weighted by molar-refractivity contribution is -0.118. The summed E-state index contributed by atoms with van der Waals surface area (Å²) in [4.78, 5) is 26.2. The molecule has 1 aliphatic heterocycles. The third-order valence-corrected chi connectivity index (χ3v) is 4.39. The maximum Gasteiger partial charge on any atom is 0.321 e. The van der Waals surface area contributed by atoms with E-state index in [9.17, 15) is 9.59 Å². The molecule has 0 radical (unpaired) electrons. The Bertz CT molecular complexity index is 507. The molecule has 108 valence electrons. The number of thioether (sulfide) groups is 1. The Balaban J connectivity index is 2.11. The molecule has 0 aliphatic carbocycles. The monoisotopic (exact) mass is 293 g/mol. The summed E-state index contributed by atoms with van der Waals surface area (Å²) in [6.45, 7) is 3.19. The standard InChI is InChI=1S/C14H19N3O2S/c1-10-7-8-17(9-13(18)16-14(19)15-2)11-5-3-4-6-12(11)20-10/h3-6,10H,7-9H2,1-2H3,(H2,15,16,18,19). The van der Waals surface area contributed by atoms with Crippen LogP contribution in [0, 0.1) is 0 Å². The summed E-state index contributed by atoms with van der Waals surface area (Å²) in [6, 6.07) is 7.60. The number of nitrogens with one attached hydrogen (secondary N) is 2. The molecule has 1 heterocycles. The van der Waals surface area contributed by atoms with E-state index in [0.29, 0.717) is 5.25 Å². The fraction of sp³-hybridized carbons (Fsp3) is 0.429. The van der Waals surface area contributed by atoms with Gasteiger partial charge in [0.25, 0.3) is 0 Å². The highest BCUT2D eigenvalue weighted by Gasteiger charge is 2.21. The number of hydrogen-bond acceptors (Lipinski definition) is 4. The second-order valence-corrected chi connectivity index (χ2v) is 6.21. The van der Waals surface area contributed by atoms with E-state index in [1.807, 2.05) is 34.9 Å². The molecule has 0 spiro atoms. The number of carbonyl (C=O) groups excluding carboxylic acids is 2. The molecule has 1 aliphatic rings. The molecule has 0 saturated heterocycles. The number of hydrogen-bond donors (Lipinski definition) is 2. The fourth-order valence-electron chi connectivity index (χ4n) is 2.12. The number of nitrogens with zero attached hydrogens (tertiary/aromatic N) is 1. The Hall–Kier alpha value is -1.69. The number of benzene rings is 1. The molecule has 0 fully saturated rings. The van der Waals surface area contributed by atoms with Gasteiger partial charge < -0.3 is 10.2 Å². The predicted molar refractivity (Wildman–Crippen MR) is 81.2 cm³/mol. The zero-order valence-corrected chi connectivity index (χ0v) is 12.5. The van der Waals surface area contributed by atoms with Crippen molar-refractivity contribution >= 4 is 29.4 Å². The molecule has 1 unspecified atom stereocenters. The average molecular weight is 293 g/mol. The highest BCUT2D eigenvalue weighted by molar-refractivity contribution is 8.00. The Morgan fingerprint density at radius 3 is 2.90 bits per heavy atom. The Labute approximate surface area is 123 Å². The summed E-state index contributed by atoms with van der Waals surface area (Å²) in [6.07, 6.45) is 1.01. The molecule has 1 aromatic rings. The van der Waals surface area contributed by atoms with Crippen LogP contribution in [0.15, 0.2) is 29.2 Å². The Morgan fingerprint density at radius 1 is 1.40 bits per heavy atom. The Morgan fingerprint density at radius 2 is 2.15 bits per heavy atom. The summed E-state index contributed by atoms with van der Waals surface area (Å²) < 4.78 is 0. The van der Waals surface area contributed by atoms with Gasteiger partial charge in [0.2, 0.25) is 5.91 Å². The van der Waals surface area contributed by atoms with E-state index >= 15 is 0 Å². The maximum absolute atomic E-state index is 11.9. The SMILES string of the molecule is CNC(=O)NC(=O)CN1CCC(C)Sc2ccccc21. The van der Waals surface area contributed by atoms with Gasteiger partial charge in [0.05, 0.1) is 12.2 Å². The van der Waals surface area contributed by atoms with Gasteiger partial charge in [0, 0.05) is 23.7 Å². The van der Waals surface area contributed by atoms with Gasteiger partial charge in [-0.3, -0.25) is 10.1 Å². The second-order valence-electron chi connectivity index (χ2n) is 4.73. The molecular formula is C14H19N3O2S. The molecule has 3 amide bonds. The van der Waals surface area contributed by atoms with Crippen LogP contribution < -0.4 is 15.5 Å². The minimum Gasteiger partial charge on any atom is -0.361 e. The third-order valence-electron chi connectivity index (χ3n) is 3.15. The Kier molecular flexibility index (Phi) is 4.89. The van der Waals surface area contributed by atoms with Gasteiger partial charge in [-0.25, -0.2) is 4.79 Å². The first-order chi connectivity index (χ1) is 9.60. The van der Waals surface area contributed by atoms with E-state index in [0.717, 1.165) is 18.7 Å². The minimum absolute atomic E-state index is 0.192. The normalized spacial score (nSPS) is 17.9. The molecular weight excluding hydrogens is 274 g/mol. The van der Waals surface area contributed by atoms with Gasteiger partial charge in [0.15, 0.2) is 0 Å². The van der Waals surface area contributed by atoms with Crippen LogP contribution in [0.4, 0.5) is 10.5 Å². The van der Waals surface area contributed by atoms with E-state index in [1.54, 1.807) is 0 Å². The van der Waals surface area contributed by atoms with Gasteiger partial charge in [0.1, 0.15) is 0 Å². The highest BCUT2D eigenvalue weighted by atomic mass is 32.2. The van der Waals surface area contributed by atoms with Crippen LogP contribution in [0.1, 0.15) is 13.3 Å². The van der Waals surface area contributed by atoms with Crippen LogP contribution in [-0.4, -0.2) is 37.3 Å². The molecule has 0 saturated carbocycles. The number of fused-ring (bicyclic) bond motifs is 1. The molecule has 0 bridgehead atoms. The van der Waals surface area contributed by atoms with E-state index in [2.05, 4.69) is 23.6 Å². The largest absolute Gasteiger partial charge is 0.361 e. The van der Waals surface area contributed by atoms with Crippen molar-refractivity contribution in [2.24, 2.45) is 0 Å². The lowest BCUT2D eigenvalue weighted by Crippen LogP contribution is -2.43. The zero-order valence-electron chi connectivity index (χ0n) is 11.7. The smallest absolute Gasteiger partial charge is 0.321 e. The fourth-order valence-corrected chi connectivity index (χ4v) is 3.25. The van der Waals surface area contributed by atoms with E-state index in [-0.39, 0.29) is 12.5 Å².